The SMILES string of the molecule is CCOC(=O)c1[nH]c(C)c(CN(CCc2ccccc2)C(=O)c2cc(OC)cc(OC)c2)c1C. The van der Waals surface area contributed by atoms with Crippen molar-refractivity contribution < 1.29 is 23.8 Å². The molecule has 0 saturated carbocycles. The van der Waals surface area contributed by atoms with E-state index in [1.807, 2.05) is 44.2 Å². The van der Waals surface area contributed by atoms with Crippen molar-refractivity contribution in [3.05, 3.63) is 82.2 Å². The number of aromatic amines is 1. The second-order valence-corrected chi connectivity index (χ2v) is 8.01. The number of aromatic nitrogens is 1. The lowest BCUT2D eigenvalue weighted by atomic mass is 10.1. The lowest BCUT2D eigenvalue weighted by molar-refractivity contribution is 0.0519. The van der Waals surface area contributed by atoms with Crippen LogP contribution in [0, 0.1) is 13.8 Å². The van der Waals surface area contributed by atoms with Crippen LogP contribution in [-0.2, 0) is 17.7 Å². The molecule has 0 spiro atoms. The van der Waals surface area contributed by atoms with Crippen LogP contribution < -0.4 is 9.47 Å². The molecule has 3 rings (SSSR count). The summed E-state index contributed by atoms with van der Waals surface area (Å²) in [5.41, 5.74) is 4.56. The Morgan fingerprint density at radius 2 is 1.62 bits per heavy atom. The number of benzene rings is 2. The average molecular weight is 465 g/mol. The molecular formula is C27H32N2O5. The third-order valence-corrected chi connectivity index (χ3v) is 5.82. The number of esters is 1. The Labute approximate surface area is 200 Å². The van der Waals surface area contributed by atoms with E-state index in [-0.39, 0.29) is 5.91 Å². The number of rotatable bonds is 10. The molecule has 0 atom stereocenters. The van der Waals surface area contributed by atoms with Crippen LogP contribution in [0.2, 0.25) is 0 Å². The first-order valence-electron chi connectivity index (χ1n) is 11.3. The van der Waals surface area contributed by atoms with Crippen molar-refractivity contribution in [1.82, 2.24) is 9.88 Å². The Hall–Kier alpha value is -3.74. The molecule has 0 radical (unpaired) electrons. The van der Waals surface area contributed by atoms with Crippen molar-refractivity contribution in [2.24, 2.45) is 0 Å². The fourth-order valence-electron chi connectivity index (χ4n) is 3.90. The predicted octanol–water partition coefficient (Wildman–Crippen LogP) is 4.71. The highest BCUT2D eigenvalue weighted by Gasteiger charge is 2.23. The number of H-pyrrole nitrogens is 1. The maximum atomic E-state index is 13.7. The normalized spacial score (nSPS) is 10.6. The highest BCUT2D eigenvalue weighted by Crippen LogP contribution is 2.26. The van der Waals surface area contributed by atoms with Gasteiger partial charge in [-0.3, -0.25) is 4.79 Å². The van der Waals surface area contributed by atoms with Gasteiger partial charge in [0.15, 0.2) is 0 Å². The zero-order valence-electron chi connectivity index (χ0n) is 20.4. The van der Waals surface area contributed by atoms with E-state index in [9.17, 15) is 9.59 Å². The van der Waals surface area contributed by atoms with Crippen molar-refractivity contribution in [3.63, 3.8) is 0 Å². The van der Waals surface area contributed by atoms with Crippen LogP contribution in [0.3, 0.4) is 0 Å². The first kappa shape index (κ1) is 24.9. The number of carbonyl (C=O) groups excluding carboxylic acids is 2. The smallest absolute Gasteiger partial charge is 0.355 e. The average Bonchev–Trinajstić information content (AvgIpc) is 3.14. The van der Waals surface area contributed by atoms with E-state index in [1.54, 1.807) is 44.2 Å². The highest BCUT2D eigenvalue weighted by molar-refractivity contribution is 5.95. The molecule has 0 unspecified atom stereocenters. The van der Waals surface area contributed by atoms with E-state index in [0.717, 1.165) is 22.4 Å². The van der Waals surface area contributed by atoms with Crippen LogP contribution in [0.5, 0.6) is 11.5 Å². The first-order valence-corrected chi connectivity index (χ1v) is 11.3. The van der Waals surface area contributed by atoms with E-state index in [1.165, 1.54) is 0 Å². The second-order valence-electron chi connectivity index (χ2n) is 8.01. The van der Waals surface area contributed by atoms with Gasteiger partial charge in [-0.2, -0.15) is 0 Å². The van der Waals surface area contributed by atoms with Gasteiger partial charge in [0.05, 0.1) is 20.8 Å². The minimum Gasteiger partial charge on any atom is -0.497 e. The molecule has 1 N–H and O–H groups in total. The van der Waals surface area contributed by atoms with Crippen molar-refractivity contribution in [2.75, 3.05) is 27.4 Å². The molecule has 34 heavy (non-hydrogen) atoms. The summed E-state index contributed by atoms with van der Waals surface area (Å²) in [7, 11) is 3.11. The van der Waals surface area contributed by atoms with Crippen LogP contribution in [0.25, 0.3) is 0 Å². The summed E-state index contributed by atoms with van der Waals surface area (Å²) in [6.07, 6.45) is 0.695. The molecule has 7 nitrogen and oxygen atoms in total. The van der Waals surface area contributed by atoms with Gasteiger partial charge in [0, 0.05) is 30.4 Å². The van der Waals surface area contributed by atoms with E-state index in [2.05, 4.69) is 4.98 Å². The number of amides is 1. The summed E-state index contributed by atoms with van der Waals surface area (Å²) in [6.45, 7) is 6.69. The number of aryl methyl sites for hydroxylation is 1. The molecule has 0 bridgehead atoms. The summed E-state index contributed by atoms with van der Waals surface area (Å²) in [5, 5.41) is 0. The standard InChI is InChI=1S/C27H32N2O5/c1-6-34-27(31)25-18(2)24(19(3)28-25)17-29(13-12-20-10-8-7-9-11-20)26(30)21-14-22(32-4)16-23(15-21)33-5/h7-11,14-16,28H,6,12-13,17H2,1-5H3. The Balaban J connectivity index is 1.95. The van der Waals surface area contributed by atoms with Gasteiger partial charge >= 0.3 is 5.97 Å². The molecule has 0 aliphatic carbocycles. The highest BCUT2D eigenvalue weighted by atomic mass is 16.5. The van der Waals surface area contributed by atoms with E-state index < -0.39 is 5.97 Å². The summed E-state index contributed by atoms with van der Waals surface area (Å²) in [5.74, 6) is 0.550. The Morgan fingerprint density at radius 1 is 0.971 bits per heavy atom. The van der Waals surface area contributed by atoms with Crippen molar-refractivity contribution in [1.29, 1.82) is 0 Å². The summed E-state index contributed by atoms with van der Waals surface area (Å²) >= 11 is 0. The summed E-state index contributed by atoms with van der Waals surface area (Å²) < 4.78 is 15.9. The van der Waals surface area contributed by atoms with Crippen LogP contribution >= 0.6 is 0 Å². The van der Waals surface area contributed by atoms with Gasteiger partial charge in [0.1, 0.15) is 17.2 Å². The van der Waals surface area contributed by atoms with Crippen LogP contribution in [-0.4, -0.2) is 49.1 Å². The quantitative estimate of drug-likeness (QED) is 0.440. The second kappa shape index (κ2) is 11.4. The van der Waals surface area contributed by atoms with Gasteiger partial charge in [-0.05, 0) is 56.0 Å². The fraction of sp³-hybridized carbons (Fsp3) is 0.333. The zero-order chi connectivity index (χ0) is 24.7. The number of methoxy groups -OCH3 is 2. The van der Waals surface area contributed by atoms with Crippen molar-refractivity contribution >= 4 is 11.9 Å². The largest absolute Gasteiger partial charge is 0.497 e. The number of hydrogen-bond acceptors (Lipinski definition) is 5. The number of hydrogen-bond donors (Lipinski definition) is 1. The van der Waals surface area contributed by atoms with Gasteiger partial charge in [0.2, 0.25) is 0 Å². The monoisotopic (exact) mass is 464 g/mol. The molecule has 0 aliphatic rings. The topological polar surface area (TPSA) is 80.9 Å². The predicted molar refractivity (Wildman–Crippen MR) is 131 cm³/mol. The number of carbonyl (C=O) groups is 2. The molecule has 180 valence electrons. The number of nitrogens with zero attached hydrogens (tertiary/aromatic N) is 1. The van der Waals surface area contributed by atoms with E-state index >= 15 is 0 Å². The van der Waals surface area contributed by atoms with Gasteiger partial charge < -0.3 is 24.1 Å². The Morgan fingerprint density at radius 3 is 2.21 bits per heavy atom. The Bertz CT molecular complexity index is 1120. The lowest BCUT2D eigenvalue weighted by Crippen LogP contribution is -2.33. The fourth-order valence-corrected chi connectivity index (χ4v) is 3.90. The number of ether oxygens (including phenoxy) is 3. The minimum absolute atomic E-state index is 0.147. The molecule has 0 fully saturated rings. The minimum atomic E-state index is -0.394. The van der Waals surface area contributed by atoms with Crippen LogP contribution in [0.4, 0.5) is 0 Å². The van der Waals surface area contributed by atoms with Gasteiger partial charge in [-0.15, -0.1) is 0 Å². The molecule has 3 aromatic rings. The zero-order valence-corrected chi connectivity index (χ0v) is 20.4. The molecule has 1 aromatic heterocycles. The van der Waals surface area contributed by atoms with Gasteiger partial charge in [-0.1, -0.05) is 30.3 Å². The third kappa shape index (κ3) is 5.78. The van der Waals surface area contributed by atoms with E-state index in [4.69, 9.17) is 14.2 Å². The van der Waals surface area contributed by atoms with Gasteiger partial charge in [-0.25, -0.2) is 4.79 Å². The van der Waals surface area contributed by atoms with Crippen molar-refractivity contribution in [3.8, 4) is 11.5 Å². The van der Waals surface area contributed by atoms with E-state index in [0.29, 0.717) is 48.9 Å². The molecule has 7 heteroatoms. The summed E-state index contributed by atoms with van der Waals surface area (Å²) in [4.78, 5) is 31.0. The van der Waals surface area contributed by atoms with Crippen LogP contribution in [0.15, 0.2) is 48.5 Å². The maximum absolute atomic E-state index is 13.7. The number of nitrogens with one attached hydrogen (secondary N) is 1. The van der Waals surface area contributed by atoms with Crippen molar-refractivity contribution in [2.45, 2.75) is 33.7 Å². The Kier molecular flexibility index (Phi) is 8.35. The molecule has 2 aromatic carbocycles. The molecule has 1 amide bonds. The molecular weight excluding hydrogens is 432 g/mol. The maximum Gasteiger partial charge on any atom is 0.355 e. The summed E-state index contributed by atoms with van der Waals surface area (Å²) in [6, 6.07) is 15.2. The third-order valence-electron chi connectivity index (χ3n) is 5.82. The molecule has 1 heterocycles. The molecule has 0 saturated heterocycles. The lowest BCUT2D eigenvalue weighted by Gasteiger charge is -2.24. The van der Waals surface area contributed by atoms with Gasteiger partial charge in [0.25, 0.3) is 5.91 Å². The molecule has 0 aliphatic heterocycles. The first-order chi connectivity index (χ1) is 16.4. The van der Waals surface area contributed by atoms with Crippen LogP contribution in [0.1, 0.15) is 50.2 Å².